The van der Waals surface area contributed by atoms with Gasteiger partial charge in [-0.25, -0.2) is 8.78 Å². The molecule has 0 spiro atoms. The van der Waals surface area contributed by atoms with Gasteiger partial charge in [-0.3, -0.25) is 9.59 Å². The number of halogens is 4. The molecule has 0 aromatic carbocycles. The molecule has 0 saturated heterocycles. The van der Waals surface area contributed by atoms with Gasteiger partial charge in [0, 0.05) is 0 Å². The van der Waals surface area contributed by atoms with Gasteiger partial charge in [0.1, 0.15) is 5.92 Å². The Morgan fingerprint density at radius 2 is 1.87 bits per heavy atom. The van der Waals surface area contributed by atoms with Crippen LogP contribution in [-0.2, 0) is 9.59 Å². The van der Waals surface area contributed by atoms with E-state index in [4.69, 9.17) is 5.73 Å². The van der Waals surface area contributed by atoms with Crippen molar-refractivity contribution < 1.29 is 27.2 Å². The largest absolute Gasteiger partial charge is 0.369 e. The van der Waals surface area contributed by atoms with Crippen molar-refractivity contribution in [3.63, 3.8) is 0 Å². The lowest BCUT2D eigenvalue weighted by Gasteiger charge is -2.16. The van der Waals surface area contributed by atoms with E-state index in [0.717, 1.165) is 6.92 Å². The van der Waals surface area contributed by atoms with Crippen molar-refractivity contribution >= 4 is 11.8 Å². The number of alkyl halides is 4. The van der Waals surface area contributed by atoms with E-state index in [1.54, 1.807) is 0 Å². The van der Waals surface area contributed by atoms with Gasteiger partial charge in [-0.2, -0.15) is 8.78 Å². The van der Waals surface area contributed by atoms with E-state index in [2.05, 4.69) is 0 Å². The van der Waals surface area contributed by atoms with Gasteiger partial charge in [0.15, 0.2) is 0 Å². The molecule has 0 bridgehead atoms. The van der Waals surface area contributed by atoms with Crippen LogP contribution in [0.25, 0.3) is 0 Å². The third-order valence-electron chi connectivity index (χ3n) is 1.64. The standard InChI is InChI=1S/C7H10F4N2O2/c1-3(4(12)14)5(15)13-2-7(10,11)6(8)9/h3,6H,2H2,1H3,(H2,12,14)(H,13,15). The van der Waals surface area contributed by atoms with E-state index in [1.807, 2.05) is 0 Å². The lowest BCUT2D eigenvalue weighted by atomic mass is 10.1. The zero-order chi connectivity index (χ0) is 12.2. The molecule has 0 saturated carbocycles. The van der Waals surface area contributed by atoms with Crippen LogP contribution in [0.2, 0.25) is 0 Å². The summed E-state index contributed by atoms with van der Waals surface area (Å²) in [4.78, 5) is 21.3. The second kappa shape index (κ2) is 4.94. The monoisotopic (exact) mass is 230 g/mol. The van der Waals surface area contributed by atoms with Crippen molar-refractivity contribution in [3.05, 3.63) is 0 Å². The minimum Gasteiger partial charge on any atom is -0.369 e. The van der Waals surface area contributed by atoms with E-state index in [-0.39, 0.29) is 0 Å². The Morgan fingerprint density at radius 1 is 1.40 bits per heavy atom. The molecule has 0 heterocycles. The van der Waals surface area contributed by atoms with E-state index in [1.165, 1.54) is 5.32 Å². The molecule has 3 N–H and O–H groups in total. The Kier molecular flexibility index (Phi) is 4.50. The summed E-state index contributed by atoms with van der Waals surface area (Å²) in [7, 11) is 0. The number of nitrogens with two attached hydrogens (primary N) is 1. The second-order valence-corrected chi connectivity index (χ2v) is 2.90. The zero-order valence-electron chi connectivity index (χ0n) is 7.77. The van der Waals surface area contributed by atoms with Gasteiger partial charge in [-0.05, 0) is 6.92 Å². The van der Waals surface area contributed by atoms with Crippen molar-refractivity contribution in [2.24, 2.45) is 11.7 Å². The van der Waals surface area contributed by atoms with Crippen LogP contribution < -0.4 is 11.1 Å². The average molecular weight is 230 g/mol. The molecular weight excluding hydrogens is 220 g/mol. The van der Waals surface area contributed by atoms with Crippen LogP contribution in [0.4, 0.5) is 17.6 Å². The van der Waals surface area contributed by atoms with Crippen LogP contribution in [0.15, 0.2) is 0 Å². The average Bonchev–Trinajstić information content (AvgIpc) is 2.12. The van der Waals surface area contributed by atoms with Gasteiger partial charge in [0.05, 0.1) is 6.54 Å². The normalized spacial score (nSPS) is 13.7. The van der Waals surface area contributed by atoms with Gasteiger partial charge >= 0.3 is 12.3 Å². The summed E-state index contributed by atoms with van der Waals surface area (Å²) in [6.07, 6.45) is -3.87. The number of amides is 2. The molecule has 2 amide bonds. The Balaban J connectivity index is 4.17. The van der Waals surface area contributed by atoms with E-state index < -0.39 is 36.6 Å². The number of carbonyl (C=O) groups excluding carboxylic acids is 2. The first kappa shape index (κ1) is 13.7. The molecule has 88 valence electrons. The first-order chi connectivity index (χ1) is 6.68. The molecule has 0 aliphatic carbocycles. The molecule has 0 rings (SSSR count). The zero-order valence-corrected chi connectivity index (χ0v) is 7.77. The third kappa shape index (κ3) is 4.13. The number of primary amides is 1. The molecule has 1 atom stereocenters. The van der Waals surface area contributed by atoms with E-state index in [0.29, 0.717) is 0 Å². The fourth-order valence-electron chi connectivity index (χ4n) is 0.564. The molecule has 0 aliphatic heterocycles. The highest BCUT2D eigenvalue weighted by molar-refractivity contribution is 5.99. The highest BCUT2D eigenvalue weighted by Crippen LogP contribution is 2.21. The van der Waals surface area contributed by atoms with E-state index in [9.17, 15) is 27.2 Å². The first-order valence-electron chi connectivity index (χ1n) is 3.91. The highest BCUT2D eigenvalue weighted by Gasteiger charge is 2.41. The lowest BCUT2D eigenvalue weighted by molar-refractivity contribution is -0.141. The van der Waals surface area contributed by atoms with Crippen LogP contribution in [-0.4, -0.2) is 30.7 Å². The Hall–Kier alpha value is -1.34. The van der Waals surface area contributed by atoms with Crippen LogP contribution >= 0.6 is 0 Å². The predicted octanol–water partition coefficient (Wildman–Crippen LogP) is 0.124. The number of rotatable bonds is 5. The SMILES string of the molecule is CC(C(N)=O)C(=O)NCC(F)(F)C(F)F. The lowest BCUT2D eigenvalue weighted by Crippen LogP contribution is -2.45. The summed E-state index contributed by atoms with van der Waals surface area (Å²) in [6, 6.07) is 0. The fourth-order valence-corrected chi connectivity index (χ4v) is 0.564. The number of nitrogens with one attached hydrogen (secondary N) is 1. The van der Waals surface area contributed by atoms with Crippen LogP contribution in [0, 0.1) is 5.92 Å². The smallest absolute Gasteiger partial charge is 0.324 e. The molecule has 0 aliphatic rings. The molecule has 0 radical (unpaired) electrons. The van der Waals surface area contributed by atoms with Gasteiger partial charge in [0.25, 0.3) is 0 Å². The van der Waals surface area contributed by atoms with E-state index >= 15 is 0 Å². The summed E-state index contributed by atoms with van der Waals surface area (Å²) in [5.41, 5.74) is 4.70. The molecule has 4 nitrogen and oxygen atoms in total. The molecule has 0 aromatic heterocycles. The molecule has 0 aromatic rings. The summed E-state index contributed by atoms with van der Waals surface area (Å²) in [5.74, 6) is -7.78. The quantitative estimate of drug-likeness (QED) is 0.520. The van der Waals surface area contributed by atoms with Crippen molar-refractivity contribution in [1.82, 2.24) is 5.32 Å². The number of carbonyl (C=O) groups is 2. The highest BCUT2D eigenvalue weighted by atomic mass is 19.3. The summed E-state index contributed by atoms with van der Waals surface area (Å²) in [5, 5.41) is 1.52. The second-order valence-electron chi connectivity index (χ2n) is 2.90. The topological polar surface area (TPSA) is 72.2 Å². The van der Waals surface area contributed by atoms with Crippen molar-refractivity contribution in [1.29, 1.82) is 0 Å². The van der Waals surface area contributed by atoms with Crippen LogP contribution in [0.3, 0.4) is 0 Å². The molecular formula is C7H10F4N2O2. The maximum Gasteiger partial charge on any atom is 0.324 e. The van der Waals surface area contributed by atoms with Gasteiger partial charge < -0.3 is 11.1 Å². The minimum absolute atomic E-state index is 1.02. The van der Waals surface area contributed by atoms with Gasteiger partial charge in [0.2, 0.25) is 11.8 Å². The summed E-state index contributed by atoms with van der Waals surface area (Å²) < 4.78 is 47.8. The number of hydrogen-bond acceptors (Lipinski definition) is 2. The van der Waals surface area contributed by atoms with Crippen molar-refractivity contribution in [2.45, 2.75) is 19.3 Å². The predicted molar refractivity (Wildman–Crippen MR) is 42.3 cm³/mol. The summed E-state index contributed by atoms with van der Waals surface area (Å²) >= 11 is 0. The minimum atomic E-state index is -4.31. The Labute approximate surface area is 82.8 Å². The molecule has 15 heavy (non-hydrogen) atoms. The third-order valence-corrected chi connectivity index (χ3v) is 1.64. The molecule has 0 fully saturated rings. The maximum absolute atomic E-state index is 12.3. The van der Waals surface area contributed by atoms with Crippen LogP contribution in [0.5, 0.6) is 0 Å². The van der Waals surface area contributed by atoms with Crippen molar-refractivity contribution in [2.75, 3.05) is 6.54 Å². The summed E-state index contributed by atoms with van der Waals surface area (Å²) in [6.45, 7) is -0.445. The first-order valence-corrected chi connectivity index (χ1v) is 3.91. The molecule has 8 heteroatoms. The Morgan fingerprint density at radius 3 is 2.20 bits per heavy atom. The van der Waals surface area contributed by atoms with Crippen LogP contribution in [0.1, 0.15) is 6.92 Å². The fraction of sp³-hybridized carbons (Fsp3) is 0.714. The van der Waals surface area contributed by atoms with Gasteiger partial charge in [-0.15, -0.1) is 0 Å². The van der Waals surface area contributed by atoms with Crippen molar-refractivity contribution in [3.8, 4) is 0 Å². The Bertz CT molecular complexity index is 257. The van der Waals surface area contributed by atoms with Gasteiger partial charge in [-0.1, -0.05) is 0 Å². The molecule has 1 unspecified atom stereocenters. The number of hydrogen-bond donors (Lipinski definition) is 2. The maximum atomic E-state index is 12.3.